The molecule has 0 bridgehead atoms. The number of rotatable bonds is 5. The fraction of sp³-hybridized carbons (Fsp3) is 0.800. The number of nitrogens with zero attached hydrogens (tertiary/aromatic N) is 3. The van der Waals surface area contributed by atoms with Crippen LogP contribution in [0.3, 0.4) is 0 Å². The zero-order chi connectivity index (χ0) is 14.8. The Morgan fingerprint density at radius 2 is 1.70 bits per heavy atom. The van der Waals surface area contributed by atoms with Crippen molar-refractivity contribution in [3.05, 3.63) is 12.4 Å². The molecule has 1 fully saturated rings. The van der Waals surface area contributed by atoms with Gasteiger partial charge < -0.3 is 4.57 Å². The van der Waals surface area contributed by atoms with Gasteiger partial charge in [-0.2, -0.15) is 5.10 Å². The summed E-state index contributed by atoms with van der Waals surface area (Å²) in [5, 5.41) is 4.44. The molecule has 5 heteroatoms. The van der Waals surface area contributed by atoms with Crippen LogP contribution in [0.2, 0.25) is 36.3 Å². The minimum atomic E-state index is -1.29. The molecule has 0 saturated carbocycles. The van der Waals surface area contributed by atoms with E-state index in [4.69, 9.17) is 0 Å². The van der Waals surface area contributed by atoms with Crippen LogP contribution < -0.4 is 4.57 Å². The van der Waals surface area contributed by atoms with Crippen LogP contribution in [0.1, 0.15) is 27.7 Å². The maximum Gasteiger partial charge on any atom is 0.155 e. The van der Waals surface area contributed by atoms with Crippen molar-refractivity contribution in [2.75, 3.05) is 10.7 Å². The summed E-state index contributed by atoms with van der Waals surface area (Å²) in [5.74, 6) is 0. The van der Waals surface area contributed by atoms with E-state index in [1.165, 1.54) is 42.1 Å². The summed E-state index contributed by atoms with van der Waals surface area (Å²) < 4.78 is 4.85. The molecule has 20 heavy (non-hydrogen) atoms. The molecule has 0 aromatic carbocycles. The summed E-state index contributed by atoms with van der Waals surface area (Å²) in [6, 6.07) is 8.75. The van der Waals surface area contributed by atoms with Crippen LogP contribution in [-0.2, 0) is 7.05 Å². The monoisotopic (exact) mass is 309 g/mol. The quantitative estimate of drug-likeness (QED) is 0.758. The number of anilines is 1. The fourth-order valence-corrected chi connectivity index (χ4v) is 15.8. The van der Waals surface area contributed by atoms with Crippen LogP contribution in [0.15, 0.2) is 12.4 Å². The van der Waals surface area contributed by atoms with Crippen molar-refractivity contribution in [2.45, 2.75) is 64.0 Å². The van der Waals surface area contributed by atoms with E-state index in [0.717, 1.165) is 0 Å². The summed E-state index contributed by atoms with van der Waals surface area (Å²) in [7, 11) is -0.319. The Morgan fingerprint density at radius 1 is 1.05 bits per heavy atom. The van der Waals surface area contributed by atoms with Crippen molar-refractivity contribution < 1.29 is 0 Å². The fourth-order valence-electron chi connectivity index (χ4n) is 3.94. The number of hydrogen-bond donors (Lipinski definition) is 0. The van der Waals surface area contributed by atoms with Crippen LogP contribution in [0.4, 0.5) is 5.69 Å². The van der Waals surface area contributed by atoms with Crippen molar-refractivity contribution in [2.24, 2.45) is 7.05 Å². The lowest BCUT2D eigenvalue weighted by molar-refractivity contribution is 0.767. The van der Waals surface area contributed by atoms with Gasteiger partial charge in [-0.25, -0.2) is 0 Å². The Morgan fingerprint density at radius 3 is 2.15 bits per heavy atom. The van der Waals surface area contributed by atoms with Crippen LogP contribution in [0, 0.1) is 0 Å². The first-order valence-electron chi connectivity index (χ1n) is 8.31. The normalized spacial score (nSPS) is 21.1. The summed E-state index contributed by atoms with van der Waals surface area (Å²) in [5.41, 5.74) is 1.40. The van der Waals surface area contributed by atoms with Crippen LogP contribution >= 0.6 is 0 Å². The molecule has 1 aliphatic rings. The van der Waals surface area contributed by atoms with E-state index in [2.05, 4.69) is 49.8 Å². The van der Waals surface area contributed by atoms with E-state index in [0.29, 0.717) is 0 Å². The topological polar surface area (TPSA) is 21.1 Å². The molecule has 2 rings (SSSR count). The van der Waals surface area contributed by atoms with Gasteiger partial charge in [0.25, 0.3) is 0 Å². The second-order valence-electron chi connectivity index (χ2n) is 6.60. The van der Waals surface area contributed by atoms with Gasteiger partial charge in [0.2, 0.25) is 0 Å². The molecule has 1 aliphatic heterocycles. The molecular formula is C15H31N3Si2. The minimum absolute atomic E-state index is 1.06. The molecular weight excluding hydrogens is 278 g/mol. The Bertz CT molecular complexity index is 436. The molecule has 0 unspecified atom stereocenters. The summed E-state index contributed by atoms with van der Waals surface area (Å²) in [6.45, 7) is 9.71. The van der Waals surface area contributed by atoms with Crippen molar-refractivity contribution in [3.8, 4) is 0 Å². The average molecular weight is 310 g/mol. The Labute approximate surface area is 126 Å². The van der Waals surface area contributed by atoms with Gasteiger partial charge in [-0.15, -0.1) is 0 Å². The van der Waals surface area contributed by atoms with Crippen LogP contribution in [-0.4, -0.2) is 32.3 Å². The maximum atomic E-state index is 4.44. The third kappa shape index (κ3) is 2.62. The average Bonchev–Trinajstić information content (AvgIpc) is 2.93. The first-order chi connectivity index (χ1) is 9.54. The highest BCUT2D eigenvalue weighted by Gasteiger charge is 2.47. The van der Waals surface area contributed by atoms with Gasteiger partial charge in [-0.3, -0.25) is 4.68 Å². The van der Waals surface area contributed by atoms with E-state index in [-0.39, 0.29) is 0 Å². The van der Waals surface area contributed by atoms with E-state index >= 15 is 0 Å². The van der Waals surface area contributed by atoms with Gasteiger partial charge in [-0.05, 0) is 18.1 Å². The highest BCUT2D eigenvalue weighted by molar-refractivity contribution is 6.92. The zero-order valence-corrected chi connectivity index (χ0v) is 15.9. The molecule has 1 aromatic heterocycles. The molecule has 0 amide bonds. The largest absolute Gasteiger partial charge is 0.397 e. The van der Waals surface area contributed by atoms with Crippen molar-refractivity contribution >= 4 is 22.0 Å². The summed E-state index contributed by atoms with van der Waals surface area (Å²) in [6.07, 6.45) is 5.73. The third-order valence-corrected chi connectivity index (χ3v) is 17.5. The van der Waals surface area contributed by atoms with Gasteiger partial charge in [0.15, 0.2) is 8.24 Å². The number of aryl methyl sites for hydroxylation is 1. The van der Waals surface area contributed by atoms with E-state index < -0.39 is 16.3 Å². The predicted octanol–water partition coefficient (Wildman–Crippen LogP) is 4.25. The smallest absolute Gasteiger partial charge is 0.155 e. The van der Waals surface area contributed by atoms with Gasteiger partial charge >= 0.3 is 0 Å². The van der Waals surface area contributed by atoms with Crippen molar-refractivity contribution in [1.82, 2.24) is 9.78 Å². The molecule has 1 aromatic rings. The van der Waals surface area contributed by atoms with Crippen LogP contribution in [0.5, 0.6) is 0 Å². The lowest BCUT2D eigenvalue weighted by Gasteiger charge is -2.52. The number of hydrogen-bond acceptors (Lipinski definition) is 2. The first-order valence-corrected chi connectivity index (χ1v) is 13.7. The van der Waals surface area contributed by atoms with E-state index in [1.807, 2.05) is 11.7 Å². The first kappa shape index (κ1) is 15.8. The minimum Gasteiger partial charge on any atom is -0.397 e. The lowest BCUT2D eigenvalue weighted by Crippen LogP contribution is -2.64. The molecule has 3 nitrogen and oxygen atoms in total. The van der Waals surface area contributed by atoms with Gasteiger partial charge in [0, 0.05) is 19.4 Å². The molecule has 1 saturated heterocycles. The highest BCUT2D eigenvalue weighted by atomic mass is 28.3. The molecule has 0 N–H and O–H groups in total. The Balaban J connectivity index is 2.37. The second kappa shape index (κ2) is 6.06. The van der Waals surface area contributed by atoms with Gasteiger partial charge in [0.1, 0.15) is 0 Å². The SMILES string of the molecule is CC[Si]1(CC)CC[Si](CC)(CC)N(c2cnn(C)c2)C1. The summed E-state index contributed by atoms with van der Waals surface area (Å²) >= 11 is 0. The maximum absolute atomic E-state index is 4.44. The van der Waals surface area contributed by atoms with Crippen LogP contribution in [0.25, 0.3) is 0 Å². The van der Waals surface area contributed by atoms with Gasteiger partial charge in [0.05, 0.1) is 20.0 Å². The molecule has 0 radical (unpaired) electrons. The van der Waals surface area contributed by atoms with E-state index in [1.54, 1.807) is 6.04 Å². The molecule has 0 aliphatic carbocycles. The molecule has 114 valence electrons. The zero-order valence-electron chi connectivity index (χ0n) is 13.9. The number of aromatic nitrogens is 2. The van der Waals surface area contributed by atoms with E-state index in [9.17, 15) is 0 Å². The molecule has 0 spiro atoms. The predicted molar refractivity (Wildman–Crippen MR) is 93.6 cm³/mol. The molecule has 0 atom stereocenters. The van der Waals surface area contributed by atoms with Gasteiger partial charge in [-0.1, -0.05) is 45.8 Å². The highest BCUT2D eigenvalue weighted by Crippen LogP contribution is 2.41. The Hall–Kier alpha value is -0.556. The summed E-state index contributed by atoms with van der Waals surface area (Å²) in [4.78, 5) is 0. The lowest BCUT2D eigenvalue weighted by atomic mass is 10.6. The van der Waals surface area contributed by atoms with Crippen molar-refractivity contribution in [3.63, 3.8) is 0 Å². The van der Waals surface area contributed by atoms with Crippen molar-refractivity contribution in [1.29, 1.82) is 0 Å². The molecule has 2 heterocycles. The standard InChI is InChI=1S/C15H31N3Si2/c1-6-19(7-2)10-11-20(8-3,9-4)18(14-19)15-12-16-17(5)13-15/h12-13H,6-11,14H2,1-5H3. The second-order valence-corrected chi connectivity index (χ2v) is 16.7. The third-order valence-electron chi connectivity index (χ3n) is 6.01. The Kier molecular flexibility index (Phi) is 4.79.